The first-order valence-electron chi connectivity index (χ1n) is 7.60. The molecule has 2 amide bonds. The highest BCUT2D eigenvalue weighted by atomic mass is 16.5. The van der Waals surface area contributed by atoms with Crippen molar-refractivity contribution >= 4 is 23.8 Å². The number of carbonyl (C=O) groups excluding carboxylic acids is 3. The molecule has 1 fully saturated rings. The fourth-order valence-electron chi connectivity index (χ4n) is 2.17. The zero-order valence-corrected chi connectivity index (χ0v) is 13.1. The summed E-state index contributed by atoms with van der Waals surface area (Å²) in [6, 6.07) is -0.978. The Kier molecular flexibility index (Phi) is 7.79. The number of hydrogen-bond acceptors (Lipinski definition) is 5. The van der Waals surface area contributed by atoms with E-state index in [1.54, 1.807) is 0 Å². The predicted octanol–water partition coefficient (Wildman–Crippen LogP) is 0.0777. The van der Waals surface area contributed by atoms with Crippen LogP contribution in [0, 0.1) is 0 Å². The van der Waals surface area contributed by atoms with E-state index >= 15 is 0 Å². The fraction of sp³-hybridized carbons (Fsp3) is 0.600. The molecule has 23 heavy (non-hydrogen) atoms. The van der Waals surface area contributed by atoms with Gasteiger partial charge in [0, 0.05) is 25.2 Å². The molecule has 0 radical (unpaired) electrons. The Morgan fingerprint density at radius 3 is 2.74 bits per heavy atom. The van der Waals surface area contributed by atoms with E-state index in [0.29, 0.717) is 6.08 Å². The fourth-order valence-corrected chi connectivity index (χ4v) is 2.17. The third-order valence-corrected chi connectivity index (χ3v) is 3.35. The Labute approximate surface area is 134 Å². The standard InChI is InChI=1S/C15H22N2O6/c1-2-3-4-9-23-14(21)10-11-15(22)16-7-8-17(11)12(18)5-6-13(19)20/h5-6,11H,2-4,7-10H2,1H3,(H,16,22)(H,19,20)/b6-5+. The number of carboxylic acids is 1. The normalized spacial score (nSPS) is 17.9. The van der Waals surface area contributed by atoms with E-state index in [2.05, 4.69) is 5.32 Å². The van der Waals surface area contributed by atoms with E-state index in [1.807, 2.05) is 6.92 Å². The molecule has 2 N–H and O–H groups in total. The first kappa shape index (κ1) is 18.7. The molecule has 1 aliphatic heterocycles. The molecule has 128 valence electrons. The van der Waals surface area contributed by atoms with Crippen LogP contribution < -0.4 is 5.32 Å². The minimum absolute atomic E-state index is 0.211. The van der Waals surface area contributed by atoms with Gasteiger partial charge in [-0.1, -0.05) is 19.8 Å². The van der Waals surface area contributed by atoms with Crippen molar-refractivity contribution in [2.24, 2.45) is 0 Å². The summed E-state index contributed by atoms with van der Waals surface area (Å²) in [5.74, 6) is -2.88. The molecular weight excluding hydrogens is 304 g/mol. The van der Waals surface area contributed by atoms with Gasteiger partial charge < -0.3 is 20.1 Å². The van der Waals surface area contributed by atoms with Gasteiger partial charge in [0.1, 0.15) is 6.04 Å². The molecule has 0 aliphatic carbocycles. The molecular formula is C15H22N2O6. The molecule has 1 unspecified atom stereocenters. The van der Waals surface area contributed by atoms with Gasteiger partial charge in [-0.2, -0.15) is 0 Å². The lowest BCUT2D eigenvalue weighted by atomic mass is 10.1. The molecule has 0 saturated carbocycles. The maximum atomic E-state index is 12.0. The number of ether oxygens (including phenoxy) is 1. The zero-order valence-electron chi connectivity index (χ0n) is 13.1. The van der Waals surface area contributed by atoms with Crippen LogP contribution in [0.3, 0.4) is 0 Å². The zero-order chi connectivity index (χ0) is 17.2. The average Bonchev–Trinajstić information content (AvgIpc) is 2.51. The van der Waals surface area contributed by atoms with Crippen molar-refractivity contribution in [1.29, 1.82) is 0 Å². The van der Waals surface area contributed by atoms with Gasteiger partial charge in [0.15, 0.2) is 0 Å². The highest BCUT2D eigenvalue weighted by Gasteiger charge is 2.34. The van der Waals surface area contributed by atoms with E-state index < -0.39 is 29.8 Å². The van der Waals surface area contributed by atoms with Gasteiger partial charge in [0.25, 0.3) is 0 Å². The van der Waals surface area contributed by atoms with Crippen LogP contribution in [-0.4, -0.2) is 59.5 Å². The average molecular weight is 326 g/mol. The van der Waals surface area contributed by atoms with Gasteiger partial charge in [-0.25, -0.2) is 4.79 Å². The van der Waals surface area contributed by atoms with Crippen LogP contribution in [-0.2, 0) is 23.9 Å². The number of nitrogens with zero attached hydrogens (tertiary/aromatic N) is 1. The van der Waals surface area contributed by atoms with Crippen molar-refractivity contribution in [2.45, 2.75) is 38.6 Å². The lowest BCUT2D eigenvalue weighted by Crippen LogP contribution is -2.57. The van der Waals surface area contributed by atoms with Crippen LogP contribution in [0.2, 0.25) is 0 Å². The lowest BCUT2D eigenvalue weighted by Gasteiger charge is -2.33. The Morgan fingerprint density at radius 2 is 2.09 bits per heavy atom. The highest BCUT2D eigenvalue weighted by molar-refractivity contribution is 5.98. The van der Waals surface area contributed by atoms with Crippen LogP contribution >= 0.6 is 0 Å². The summed E-state index contributed by atoms with van der Waals surface area (Å²) < 4.78 is 5.05. The van der Waals surface area contributed by atoms with E-state index in [0.717, 1.165) is 25.3 Å². The number of nitrogens with one attached hydrogen (secondary N) is 1. The molecule has 8 heteroatoms. The van der Waals surface area contributed by atoms with Crippen molar-refractivity contribution in [3.63, 3.8) is 0 Å². The van der Waals surface area contributed by atoms with Crippen LogP contribution in [0.25, 0.3) is 0 Å². The largest absolute Gasteiger partial charge is 0.478 e. The Bertz CT molecular complexity index is 488. The molecule has 1 rings (SSSR count). The van der Waals surface area contributed by atoms with Gasteiger partial charge in [0.05, 0.1) is 13.0 Å². The number of rotatable bonds is 8. The smallest absolute Gasteiger partial charge is 0.328 e. The molecule has 1 aliphatic rings. The third kappa shape index (κ3) is 6.50. The molecule has 8 nitrogen and oxygen atoms in total. The molecule has 0 aromatic rings. The van der Waals surface area contributed by atoms with Gasteiger partial charge in [-0.15, -0.1) is 0 Å². The Balaban J connectivity index is 2.62. The number of piperazine rings is 1. The SMILES string of the molecule is CCCCCOC(=O)CC1C(=O)NCCN1C(=O)/C=C/C(=O)O. The van der Waals surface area contributed by atoms with Crippen LogP contribution in [0.5, 0.6) is 0 Å². The number of esters is 1. The van der Waals surface area contributed by atoms with E-state index in [-0.39, 0.29) is 26.1 Å². The van der Waals surface area contributed by atoms with Crippen LogP contribution in [0.15, 0.2) is 12.2 Å². The molecule has 0 bridgehead atoms. The number of amides is 2. The van der Waals surface area contributed by atoms with Gasteiger partial charge in [0.2, 0.25) is 11.8 Å². The first-order chi connectivity index (χ1) is 11.0. The first-order valence-corrected chi connectivity index (χ1v) is 7.60. The summed E-state index contributed by atoms with van der Waals surface area (Å²) in [4.78, 5) is 47.3. The number of carboxylic acid groups (broad SMARTS) is 1. The van der Waals surface area contributed by atoms with E-state index in [4.69, 9.17) is 9.84 Å². The Morgan fingerprint density at radius 1 is 1.35 bits per heavy atom. The summed E-state index contributed by atoms with van der Waals surface area (Å²) in [5, 5.41) is 11.1. The van der Waals surface area contributed by atoms with Gasteiger partial charge in [-0.05, 0) is 6.42 Å². The van der Waals surface area contributed by atoms with Crippen molar-refractivity contribution in [2.75, 3.05) is 19.7 Å². The van der Waals surface area contributed by atoms with Gasteiger partial charge >= 0.3 is 11.9 Å². The Hall–Kier alpha value is -2.38. The summed E-state index contributed by atoms with van der Waals surface area (Å²) >= 11 is 0. The van der Waals surface area contributed by atoms with Crippen molar-refractivity contribution in [1.82, 2.24) is 10.2 Å². The predicted molar refractivity (Wildman–Crippen MR) is 80.4 cm³/mol. The lowest BCUT2D eigenvalue weighted by molar-refractivity contribution is -0.150. The van der Waals surface area contributed by atoms with Gasteiger partial charge in [-0.3, -0.25) is 14.4 Å². The molecule has 1 saturated heterocycles. The quantitative estimate of drug-likeness (QED) is 0.371. The summed E-state index contributed by atoms with van der Waals surface area (Å²) in [6.45, 7) is 2.78. The highest BCUT2D eigenvalue weighted by Crippen LogP contribution is 2.11. The molecule has 0 aromatic carbocycles. The maximum Gasteiger partial charge on any atom is 0.328 e. The summed E-state index contributed by atoms with van der Waals surface area (Å²) in [6.07, 6.45) is 4.03. The summed E-state index contributed by atoms with van der Waals surface area (Å²) in [7, 11) is 0. The van der Waals surface area contributed by atoms with E-state index in [1.165, 1.54) is 4.90 Å². The van der Waals surface area contributed by atoms with Crippen molar-refractivity contribution in [3.05, 3.63) is 12.2 Å². The minimum Gasteiger partial charge on any atom is -0.478 e. The molecule has 0 aromatic heterocycles. The third-order valence-electron chi connectivity index (χ3n) is 3.35. The van der Waals surface area contributed by atoms with Crippen LogP contribution in [0.4, 0.5) is 0 Å². The monoisotopic (exact) mass is 326 g/mol. The second kappa shape index (κ2) is 9.60. The number of unbranched alkanes of at least 4 members (excludes halogenated alkanes) is 2. The van der Waals surface area contributed by atoms with Crippen molar-refractivity contribution < 1.29 is 29.0 Å². The second-order valence-corrected chi connectivity index (χ2v) is 5.14. The topological polar surface area (TPSA) is 113 Å². The molecule has 0 spiro atoms. The molecule has 1 heterocycles. The second-order valence-electron chi connectivity index (χ2n) is 5.14. The van der Waals surface area contributed by atoms with Crippen molar-refractivity contribution in [3.8, 4) is 0 Å². The number of carbonyl (C=O) groups is 4. The molecule has 1 atom stereocenters. The summed E-state index contributed by atoms with van der Waals surface area (Å²) in [5.41, 5.74) is 0. The number of hydrogen-bond donors (Lipinski definition) is 2. The van der Waals surface area contributed by atoms with E-state index in [9.17, 15) is 19.2 Å². The maximum absolute atomic E-state index is 12.0. The minimum atomic E-state index is -1.26. The van der Waals surface area contributed by atoms with Crippen LogP contribution in [0.1, 0.15) is 32.6 Å². The number of aliphatic carboxylic acids is 1.